The molecule has 1 aliphatic heterocycles. The highest BCUT2D eigenvalue weighted by molar-refractivity contribution is 5.81. The Morgan fingerprint density at radius 3 is 2.94 bits per heavy atom. The Hall–Kier alpha value is -1.78. The Labute approximate surface area is 99.0 Å². The summed E-state index contributed by atoms with van der Waals surface area (Å²) in [7, 11) is 0. The van der Waals surface area contributed by atoms with Gasteiger partial charge in [-0.25, -0.2) is 0 Å². The van der Waals surface area contributed by atoms with E-state index in [4.69, 9.17) is 4.42 Å². The molecule has 1 saturated heterocycles. The van der Waals surface area contributed by atoms with E-state index in [2.05, 4.69) is 0 Å². The number of piperidine rings is 1. The van der Waals surface area contributed by atoms with Crippen LogP contribution in [0.3, 0.4) is 0 Å². The second-order valence-electron chi connectivity index (χ2n) is 4.12. The fourth-order valence-corrected chi connectivity index (χ4v) is 2.40. The number of furan rings is 1. The maximum Gasteiger partial charge on any atom is 0.309 e. The summed E-state index contributed by atoms with van der Waals surface area (Å²) in [6.07, 6.45) is 2.17. The molecule has 92 valence electrons. The van der Waals surface area contributed by atoms with Gasteiger partial charge in [0.15, 0.2) is 0 Å². The molecule has 0 aliphatic carbocycles. The predicted octanol–water partition coefficient (Wildman–Crippen LogP) is 1.66. The lowest BCUT2D eigenvalue weighted by molar-refractivity contribution is -0.152. The van der Waals surface area contributed by atoms with Crippen LogP contribution in [0.2, 0.25) is 0 Å². The highest BCUT2D eigenvalue weighted by Crippen LogP contribution is 2.36. The van der Waals surface area contributed by atoms with Gasteiger partial charge in [-0.05, 0) is 25.5 Å². The second kappa shape index (κ2) is 4.61. The molecule has 5 heteroatoms. The number of carbonyl (C=O) groups is 2. The van der Waals surface area contributed by atoms with Gasteiger partial charge in [0.1, 0.15) is 11.8 Å². The van der Waals surface area contributed by atoms with E-state index in [1.54, 1.807) is 17.0 Å². The molecule has 1 aromatic rings. The number of rotatable bonds is 3. The highest BCUT2D eigenvalue weighted by atomic mass is 16.4. The Kier molecular flexibility index (Phi) is 3.17. The summed E-state index contributed by atoms with van der Waals surface area (Å²) < 4.78 is 5.28. The molecule has 17 heavy (non-hydrogen) atoms. The van der Waals surface area contributed by atoms with E-state index in [9.17, 15) is 14.7 Å². The summed E-state index contributed by atoms with van der Waals surface area (Å²) in [6.45, 7) is 2.34. The first-order valence-electron chi connectivity index (χ1n) is 5.70. The van der Waals surface area contributed by atoms with Crippen molar-refractivity contribution in [3.8, 4) is 0 Å². The summed E-state index contributed by atoms with van der Waals surface area (Å²) in [5.41, 5.74) is 0. The zero-order chi connectivity index (χ0) is 12.4. The molecule has 0 unspecified atom stereocenters. The van der Waals surface area contributed by atoms with Crippen LogP contribution < -0.4 is 0 Å². The fourth-order valence-electron chi connectivity index (χ4n) is 2.40. The molecule has 0 aromatic carbocycles. The van der Waals surface area contributed by atoms with Gasteiger partial charge in [0.2, 0.25) is 5.91 Å². The first kappa shape index (κ1) is 11.7. The average molecular weight is 237 g/mol. The van der Waals surface area contributed by atoms with Crippen molar-refractivity contribution in [3.63, 3.8) is 0 Å². The van der Waals surface area contributed by atoms with E-state index < -0.39 is 17.9 Å². The summed E-state index contributed by atoms with van der Waals surface area (Å²) in [6, 6.07) is 2.96. The smallest absolute Gasteiger partial charge is 0.309 e. The molecule has 1 aromatic heterocycles. The van der Waals surface area contributed by atoms with Gasteiger partial charge in [-0.15, -0.1) is 0 Å². The predicted molar refractivity (Wildman–Crippen MR) is 59.2 cm³/mol. The second-order valence-corrected chi connectivity index (χ2v) is 4.12. The molecule has 1 fully saturated rings. The van der Waals surface area contributed by atoms with E-state index in [1.807, 2.05) is 6.92 Å². The largest absolute Gasteiger partial charge is 0.481 e. The third-order valence-electron chi connectivity index (χ3n) is 3.20. The SMILES string of the molecule is CCN1C(=O)CC[C@H](C(=O)O)[C@H]1c1ccco1. The van der Waals surface area contributed by atoms with Gasteiger partial charge in [-0.3, -0.25) is 9.59 Å². The van der Waals surface area contributed by atoms with Crippen LogP contribution in [0.15, 0.2) is 22.8 Å². The molecule has 2 atom stereocenters. The van der Waals surface area contributed by atoms with E-state index in [0.29, 0.717) is 25.1 Å². The van der Waals surface area contributed by atoms with Crippen molar-refractivity contribution in [2.75, 3.05) is 6.54 Å². The van der Waals surface area contributed by atoms with Crippen LogP contribution in [0.25, 0.3) is 0 Å². The van der Waals surface area contributed by atoms with Gasteiger partial charge in [0, 0.05) is 13.0 Å². The maximum atomic E-state index is 11.8. The average Bonchev–Trinajstić information content (AvgIpc) is 2.81. The lowest BCUT2D eigenvalue weighted by Crippen LogP contribution is -2.45. The fraction of sp³-hybridized carbons (Fsp3) is 0.500. The van der Waals surface area contributed by atoms with E-state index in [1.165, 1.54) is 6.26 Å². The van der Waals surface area contributed by atoms with Crippen molar-refractivity contribution in [3.05, 3.63) is 24.2 Å². The third kappa shape index (κ3) is 2.05. The zero-order valence-corrected chi connectivity index (χ0v) is 9.63. The Bertz CT molecular complexity index is 410. The van der Waals surface area contributed by atoms with Crippen LogP contribution in [-0.2, 0) is 9.59 Å². The molecule has 2 rings (SSSR count). The van der Waals surface area contributed by atoms with Crippen molar-refractivity contribution in [1.82, 2.24) is 4.90 Å². The number of carboxylic acids is 1. The topological polar surface area (TPSA) is 70.8 Å². The standard InChI is InChI=1S/C12H15NO4/c1-2-13-10(14)6-5-8(12(15)16)11(13)9-4-3-7-17-9/h3-4,7-8,11H,2,5-6H2,1H3,(H,15,16)/t8-,11-/m0/s1. The van der Waals surface area contributed by atoms with E-state index in [-0.39, 0.29) is 5.91 Å². The summed E-state index contributed by atoms with van der Waals surface area (Å²) >= 11 is 0. The number of carbonyl (C=O) groups excluding carboxylic acids is 1. The van der Waals surface area contributed by atoms with Gasteiger partial charge in [0.25, 0.3) is 0 Å². The molecule has 1 N–H and O–H groups in total. The van der Waals surface area contributed by atoms with Gasteiger partial charge in [0.05, 0.1) is 12.2 Å². The van der Waals surface area contributed by atoms with Gasteiger partial charge < -0.3 is 14.4 Å². The molecule has 0 radical (unpaired) electrons. The van der Waals surface area contributed by atoms with Gasteiger partial charge in [-0.2, -0.15) is 0 Å². The van der Waals surface area contributed by atoms with Crippen LogP contribution in [0.4, 0.5) is 0 Å². The third-order valence-corrected chi connectivity index (χ3v) is 3.20. The van der Waals surface area contributed by atoms with Crippen molar-refractivity contribution in [2.45, 2.75) is 25.8 Å². The van der Waals surface area contributed by atoms with Crippen molar-refractivity contribution >= 4 is 11.9 Å². The summed E-state index contributed by atoms with van der Waals surface area (Å²) in [5.74, 6) is -0.921. The molecule has 0 bridgehead atoms. The maximum absolute atomic E-state index is 11.8. The Morgan fingerprint density at radius 2 is 2.41 bits per heavy atom. The van der Waals surface area contributed by atoms with Crippen LogP contribution in [-0.4, -0.2) is 28.4 Å². The van der Waals surface area contributed by atoms with Crippen LogP contribution >= 0.6 is 0 Å². The lowest BCUT2D eigenvalue weighted by atomic mass is 9.87. The quantitative estimate of drug-likeness (QED) is 0.867. The first-order chi connectivity index (χ1) is 8.15. The van der Waals surface area contributed by atoms with E-state index >= 15 is 0 Å². The van der Waals surface area contributed by atoms with E-state index in [0.717, 1.165) is 0 Å². The molecule has 1 aliphatic rings. The number of carboxylic acid groups (broad SMARTS) is 1. The molecule has 1 amide bonds. The summed E-state index contributed by atoms with van der Waals surface area (Å²) in [5, 5.41) is 9.23. The number of aliphatic carboxylic acids is 1. The zero-order valence-electron chi connectivity index (χ0n) is 9.63. The Morgan fingerprint density at radius 1 is 1.65 bits per heavy atom. The number of hydrogen-bond acceptors (Lipinski definition) is 3. The molecule has 0 saturated carbocycles. The highest BCUT2D eigenvalue weighted by Gasteiger charge is 2.41. The monoisotopic (exact) mass is 237 g/mol. The van der Waals surface area contributed by atoms with Crippen LogP contribution in [0.1, 0.15) is 31.6 Å². The minimum Gasteiger partial charge on any atom is -0.481 e. The minimum atomic E-state index is -0.877. The van der Waals surface area contributed by atoms with Crippen molar-refractivity contribution in [1.29, 1.82) is 0 Å². The first-order valence-corrected chi connectivity index (χ1v) is 5.70. The number of hydrogen-bond donors (Lipinski definition) is 1. The van der Waals surface area contributed by atoms with Gasteiger partial charge in [-0.1, -0.05) is 0 Å². The molecular formula is C12H15NO4. The number of amides is 1. The minimum absolute atomic E-state index is 0.00796. The summed E-state index contributed by atoms with van der Waals surface area (Å²) in [4.78, 5) is 24.6. The molecule has 2 heterocycles. The van der Waals surface area contributed by atoms with Gasteiger partial charge >= 0.3 is 5.97 Å². The molecular weight excluding hydrogens is 222 g/mol. The number of nitrogens with zero attached hydrogens (tertiary/aromatic N) is 1. The molecule has 5 nitrogen and oxygen atoms in total. The molecule has 0 spiro atoms. The normalized spacial score (nSPS) is 25.0. The van der Waals surface area contributed by atoms with Crippen molar-refractivity contribution < 1.29 is 19.1 Å². The lowest BCUT2D eigenvalue weighted by Gasteiger charge is -2.37. The van der Waals surface area contributed by atoms with Crippen LogP contribution in [0.5, 0.6) is 0 Å². The number of likely N-dealkylation sites (tertiary alicyclic amines) is 1. The van der Waals surface area contributed by atoms with Crippen LogP contribution in [0, 0.1) is 5.92 Å². The van der Waals surface area contributed by atoms with Crippen molar-refractivity contribution in [2.24, 2.45) is 5.92 Å². The Balaban J connectivity index is 2.36.